The van der Waals surface area contributed by atoms with Crippen LogP contribution in [0.1, 0.15) is 30.1 Å². The number of methoxy groups -OCH3 is 1. The molecule has 0 saturated heterocycles. The van der Waals surface area contributed by atoms with Crippen LogP contribution in [0, 0.1) is 19.8 Å². The molecule has 1 aromatic carbocycles. The van der Waals surface area contributed by atoms with Gasteiger partial charge >= 0.3 is 6.09 Å². The number of hydrogen-bond donors (Lipinski definition) is 2. The number of rotatable bonds is 8. The molecule has 1 atom stereocenters. The van der Waals surface area contributed by atoms with Gasteiger partial charge in [-0.3, -0.25) is 10.1 Å². The first-order valence-electron chi connectivity index (χ1n) is 11.1. The molecule has 1 amide bonds. The molecule has 3 aromatic rings. The summed E-state index contributed by atoms with van der Waals surface area (Å²) in [5, 5.41) is 6.48. The molecular formula is C24H24Cl3N5O4. The van der Waals surface area contributed by atoms with Crippen LogP contribution in [0.15, 0.2) is 35.3 Å². The SMILES string of the molecule is COc1nc(C)c(Nc2nc(Cl)cn([C@H](COC(=O)Nc3ccc(Cl)cc3Cl)C3CC3)c2=O)cc1C. The van der Waals surface area contributed by atoms with E-state index in [4.69, 9.17) is 44.3 Å². The lowest BCUT2D eigenvalue weighted by Crippen LogP contribution is -2.32. The van der Waals surface area contributed by atoms with Crippen LogP contribution in [-0.4, -0.2) is 34.3 Å². The van der Waals surface area contributed by atoms with E-state index in [0.29, 0.717) is 28.0 Å². The molecular weight excluding hydrogens is 529 g/mol. The summed E-state index contributed by atoms with van der Waals surface area (Å²) in [6.07, 6.45) is 2.55. The monoisotopic (exact) mass is 551 g/mol. The van der Waals surface area contributed by atoms with E-state index in [1.165, 1.54) is 16.8 Å². The van der Waals surface area contributed by atoms with E-state index in [1.807, 2.05) is 13.0 Å². The van der Waals surface area contributed by atoms with Gasteiger partial charge in [-0.2, -0.15) is 0 Å². The molecule has 9 nitrogen and oxygen atoms in total. The van der Waals surface area contributed by atoms with Gasteiger partial charge in [0.2, 0.25) is 5.88 Å². The molecule has 4 rings (SSSR count). The topological polar surface area (TPSA) is 107 Å². The van der Waals surface area contributed by atoms with Gasteiger partial charge in [-0.05, 0) is 56.9 Å². The van der Waals surface area contributed by atoms with E-state index in [1.54, 1.807) is 26.2 Å². The second-order valence-corrected chi connectivity index (χ2v) is 9.68. The third kappa shape index (κ3) is 6.03. The highest BCUT2D eigenvalue weighted by molar-refractivity contribution is 6.36. The van der Waals surface area contributed by atoms with Crippen molar-refractivity contribution in [2.45, 2.75) is 32.7 Å². The number of nitrogens with zero attached hydrogens (tertiary/aromatic N) is 3. The quantitative estimate of drug-likeness (QED) is 0.344. The molecule has 2 N–H and O–H groups in total. The highest BCUT2D eigenvalue weighted by atomic mass is 35.5. The summed E-state index contributed by atoms with van der Waals surface area (Å²) in [5.74, 6) is 0.700. The Hall–Kier alpha value is -3.01. The average Bonchev–Trinajstić information content (AvgIpc) is 3.66. The maximum Gasteiger partial charge on any atom is 0.411 e. The van der Waals surface area contributed by atoms with Crippen LogP contribution < -0.4 is 20.9 Å². The van der Waals surface area contributed by atoms with Crippen LogP contribution in [0.25, 0.3) is 0 Å². The Balaban J connectivity index is 1.54. The maximum absolute atomic E-state index is 13.4. The van der Waals surface area contributed by atoms with E-state index in [-0.39, 0.29) is 28.5 Å². The van der Waals surface area contributed by atoms with Gasteiger partial charge in [0.1, 0.15) is 11.8 Å². The summed E-state index contributed by atoms with van der Waals surface area (Å²) in [4.78, 5) is 34.4. The molecule has 0 radical (unpaired) electrons. The van der Waals surface area contributed by atoms with Gasteiger partial charge in [-0.15, -0.1) is 0 Å². The van der Waals surface area contributed by atoms with Crippen LogP contribution >= 0.6 is 34.8 Å². The van der Waals surface area contributed by atoms with Gasteiger partial charge in [-0.25, -0.2) is 14.8 Å². The van der Waals surface area contributed by atoms with Crippen molar-refractivity contribution in [3.05, 3.63) is 67.3 Å². The maximum atomic E-state index is 13.4. The number of carbonyl (C=O) groups excluding carboxylic acids is 1. The predicted octanol–water partition coefficient (Wildman–Crippen LogP) is 6.17. The first-order chi connectivity index (χ1) is 17.2. The van der Waals surface area contributed by atoms with Gasteiger partial charge < -0.3 is 19.4 Å². The minimum atomic E-state index is -0.702. The second-order valence-electron chi connectivity index (χ2n) is 8.45. The number of pyridine rings is 1. The molecule has 1 saturated carbocycles. The Labute approximate surface area is 222 Å². The smallest absolute Gasteiger partial charge is 0.411 e. The second kappa shape index (κ2) is 10.9. The van der Waals surface area contributed by atoms with E-state index in [0.717, 1.165) is 18.4 Å². The minimum Gasteiger partial charge on any atom is -0.481 e. The van der Waals surface area contributed by atoms with Crippen LogP contribution in [0.4, 0.5) is 22.0 Å². The van der Waals surface area contributed by atoms with Gasteiger partial charge in [0.25, 0.3) is 5.56 Å². The molecule has 2 aromatic heterocycles. The number of amides is 1. The molecule has 2 heterocycles. The fraction of sp³-hybridized carbons (Fsp3) is 0.333. The third-order valence-corrected chi connectivity index (χ3v) is 6.51. The number of carbonyl (C=O) groups is 1. The summed E-state index contributed by atoms with van der Waals surface area (Å²) >= 11 is 18.3. The Bertz CT molecular complexity index is 1360. The number of nitrogens with one attached hydrogen (secondary N) is 2. The molecule has 1 aliphatic rings. The first-order valence-corrected chi connectivity index (χ1v) is 12.3. The number of aromatic nitrogens is 3. The number of hydrogen-bond acceptors (Lipinski definition) is 7. The van der Waals surface area contributed by atoms with Crippen molar-refractivity contribution in [3.63, 3.8) is 0 Å². The van der Waals surface area contributed by atoms with Crippen molar-refractivity contribution in [1.29, 1.82) is 0 Å². The highest BCUT2D eigenvalue weighted by Gasteiger charge is 2.35. The predicted molar refractivity (Wildman–Crippen MR) is 140 cm³/mol. The number of anilines is 3. The number of benzene rings is 1. The summed E-state index contributed by atoms with van der Waals surface area (Å²) < 4.78 is 12.2. The van der Waals surface area contributed by atoms with Crippen LogP contribution in [0.3, 0.4) is 0 Å². The molecule has 0 unspecified atom stereocenters. The fourth-order valence-corrected chi connectivity index (χ4v) is 4.42. The van der Waals surface area contributed by atoms with Crippen LogP contribution in [0.5, 0.6) is 5.88 Å². The number of ether oxygens (including phenoxy) is 2. The van der Waals surface area contributed by atoms with Crippen molar-refractivity contribution in [2.75, 3.05) is 24.4 Å². The molecule has 36 heavy (non-hydrogen) atoms. The van der Waals surface area contributed by atoms with Crippen molar-refractivity contribution in [2.24, 2.45) is 5.92 Å². The number of aryl methyl sites for hydroxylation is 2. The zero-order chi connectivity index (χ0) is 26.0. The molecule has 12 heteroatoms. The Kier molecular flexibility index (Phi) is 7.92. The lowest BCUT2D eigenvalue weighted by Gasteiger charge is -2.21. The Morgan fingerprint density at radius 2 is 1.92 bits per heavy atom. The molecule has 0 aliphatic heterocycles. The first kappa shape index (κ1) is 26.1. The molecule has 190 valence electrons. The fourth-order valence-electron chi connectivity index (χ4n) is 3.77. The van der Waals surface area contributed by atoms with E-state index in [2.05, 4.69) is 20.6 Å². The van der Waals surface area contributed by atoms with Crippen molar-refractivity contribution >= 4 is 58.1 Å². The van der Waals surface area contributed by atoms with E-state index in [9.17, 15) is 9.59 Å². The van der Waals surface area contributed by atoms with E-state index >= 15 is 0 Å². The molecule has 1 aliphatic carbocycles. The number of halogens is 3. The molecule has 1 fully saturated rings. The molecule has 0 spiro atoms. The third-order valence-electron chi connectivity index (χ3n) is 5.78. The van der Waals surface area contributed by atoms with Gasteiger partial charge in [0.15, 0.2) is 5.82 Å². The summed E-state index contributed by atoms with van der Waals surface area (Å²) in [7, 11) is 1.55. The van der Waals surface area contributed by atoms with Gasteiger partial charge in [-0.1, -0.05) is 34.8 Å². The van der Waals surface area contributed by atoms with Crippen molar-refractivity contribution in [1.82, 2.24) is 14.5 Å². The Morgan fingerprint density at radius 1 is 1.17 bits per heavy atom. The standard InChI is InChI=1S/C24H24Cl3N5O4/c1-12-8-18(13(2)28-22(12)35-3)29-21-23(33)32(10-20(27)31-21)19(14-4-5-14)11-36-24(34)30-17-7-6-15(25)9-16(17)26/h6-10,14,19H,4-5,11H2,1-3H3,(H,29,31)(H,30,34)/t19-/m1/s1. The highest BCUT2D eigenvalue weighted by Crippen LogP contribution is 2.40. The van der Waals surface area contributed by atoms with Gasteiger partial charge in [0.05, 0.1) is 35.2 Å². The average molecular weight is 553 g/mol. The largest absolute Gasteiger partial charge is 0.481 e. The van der Waals surface area contributed by atoms with Crippen molar-refractivity contribution in [3.8, 4) is 5.88 Å². The van der Waals surface area contributed by atoms with Gasteiger partial charge in [0, 0.05) is 16.8 Å². The zero-order valence-electron chi connectivity index (χ0n) is 19.8. The lowest BCUT2D eigenvalue weighted by atomic mass is 10.2. The van der Waals surface area contributed by atoms with Crippen molar-refractivity contribution < 1.29 is 14.3 Å². The normalized spacial score (nSPS) is 13.7. The zero-order valence-corrected chi connectivity index (χ0v) is 22.0. The summed E-state index contributed by atoms with van der Waals surface area (Å²) in [6.45, 7) is 3.60. The van der Waals surface area contributed by atoms with E-state index < -0.39 is 17.7 Å². The minimum absolute atomic E-state index is 0.0381. The lowest BCUT2D eigenvalue weighted by molar-refractivity contribution is 0.135. The summed E-state index contributed by atoms with van der Waals surface area (Å²) in [5.41, 5.74) is 2.00. The Morgan fingerprint density at radius 3 is 2.58 bits per heavy atom. The van der Waals surface area contributed by atoms with Crippen LogP contribution in [-0.2, 0) is 4.74 Å². The summed E-state index contributed by atoms with van der Waals surface area (Å²) in [6, 6.07) is 6.10. The van der Waals surface area contributed by atoms with Crippen LogP contribution in [0.2, 0.25) is 15.2 Å². The molecule has 0 bridgehead atoms.